The highest BCUT2D eigenvalue weighted by Crippen LogP contribution is 2.38. The third-order valence-electron chi connectivity index (χ3n) is 9.90. The van der Waals surface area contributed by atoms with Crippen LogP contribution >= 0.6 is 0 Å². The van der Waals surface area contributed by atoms with E-state index in [1.165, 1.54) is 44.3 Å². The van der Waals surface area contributed by atoms with E-state index in [0.29, 0.717) is 11.8 Å². The molecular weight excluding hydrogens is 625 g/mol. The number of aryl methyl sites for hydroxylation is 1. The number of rotatable bonds is 9. The monoisotopic (exact) mass is 674 g/mol. The normalized spacial score (nSPS) is 12.1. The van der Waals surface area contributed by atoms with Gasteiger partial charge in [-0.1, -0.05) is 91.8 Å². The van der Waals surface area contributed by atoms with Gasteiger partial charge in [-0.05, 0) is 108 Å². The first-order valence-electron chi connectivity index (χ1n) is 18.4. The molecule has 4 aromatic carbocycles. The molecule has 0 unspecified atom stereocenters. The second kappa shape index (κ2) is 13.5. The Labute approximate surface area is 302 Å². The van der Waals surface area contributed by atoms with Crippen molar-refractivity contribution < 1.29 is 4.74 Å². The third kappa shape index (κ3) is 6.70. The smallest absolute Gasteiger partial charge is 0.137 e. The Morgan fingerprint density at radius 1 is 0.765 bits per heavy atom. The van der Waals surface area contributed by atoms with Gasteiger partial charge in [-0.25, -0.2) is 9.67 Å². The van der Waals surface area contributed by atoms with Crippen molar-refractivity contribution >= 4 is 21.8 Å². The van der Waals surface area contributed by atoms with Crippen LogP contribution in [0.1, 0.15) is 89.4 Å². The highest BCUT2D eigenvalue weighted by Gasteiger charge is 2.21. The summed E-state index contributed by atoms with van der Waals surface area (Å²) in [5, 5.41) is 7.51. The average Bonchev–Trinajstić information content (AvgIpc) is 3.61. The summed E-state index contributed by atoms with van der Waals surface area (Å²) in [7, 11) is 0. The van der Waals surface area contributed by atoms with Crippen molar-refractivity contribution in [3.8, 4) is 34.1 Å². The minimum absolute atomic E-state index is 0.000904. The van der Waals surface area contributed by atoms with Crippen LogP contribution < -0.4 is 4.74 Å². The van der Waals surface area contributed by atoms with Gasteiger partial charge in [0.05, 0.1) is 28.1 Å². The van der Waals surface area contributed by atoms with Gasteiger partial charge >= 0.3 is 0 Å². The van der Waals surface area contributed by atoms with Crippen LogP contribution in [0.3, 0.4) is 0 Å². The highest BCUT2D eigenvalue weighted by molar-refractivity contribution is 6.09. The Hall–Kier alpha value is -5.16. The minimum Gasteiger partial charge on any atom is -0.457 e. The summed E-state index contributed by atoms with van der Waals surface area (Å²) in [6, 6.07) is 34.9. The van der Waals surface area contributed by atoms with Crippen molar-refractivity contribution in [3.63, 3.8) is 0 Å². The summed E-state index contributed by atoms with van der Waals surface area (Å²) in [4.78, 5) is 4.92. The van der Waals surface area contributed by atoms with Crippen LogP contribution in [0, 0.1) is 12.8 Å². The molecular formula is C46H50N4O. The Bertz CT molecular complexity index is 2350. The van der Waals surface area contributed by atoms with E-state index < -0.39 is 0 Å². The van der Waals surface area contributed by atoms with Gasteiger partial charge < -0.3 is 4.74 Å². The molecule has 0 aliphatic heterocycles. The molecule has 0 radical (unpaired) electrons. The maximum Gasteiger partial charge on any atom is 0.137 e. The Kier molecular flexibility index (Phi) is 9.09. The summed E-state index contributed by atoms with van der Waals surface area (Å²) in [6.07, 6.45) is 3.83. The quantitative estimate of drug-likeness (QED) is 0.153. The maximum atomic E-state index is 6.80. The number of nitrogens with zero attached hydrogens (tertiary/aromatic N) is 4. The second-order valence-electron chi connectivity index (χ2n) is 15.7. The summed E-state index contributed by atoms with van der Waals surface area (Å²) in [5.41, 5.74) is 11.6. The van der Waals surface area contributed by atoms with Gasteiger partial charge in [-0.15, -0.1) is 0 Å². The fourth-order valence-corrected chi connectivity index (χ4v) is 7.32. The lowest BCUT2D eigenvalue weighted by Crippen LogP contribution is -2.12. The Morgan fingerprint density at radius 2 is 1.55 bits per heavy atom. The standard InChI is InChI=1S/C46H50N4O/c1-10-41-45(33-14-12-11-13-15-33)31(6)48-50(41)36-24-34(30(4)5)25-38(27-36)51-37-17-18-39-40-23-32(22-29(2)3)16-19-42(40)49(43(39)28-37)44-26-35(20-21-47-44)46(7,8)9/h11-21,23-30H,10,22H2,1-9H3. The van der Waals surface area contributed by atoms with Crippen molar-refractivity contribution in [3.05, 3.63) is 131 Å². The van der Waals surface area contributed by atoms with E-state index >= 15 is 0 Å². The van der Waals surface area contributed by atoms with Crippen molar-refractivity contribution in [1.82, 2.24) is 19.3 Å². The number of pyridine rings is 1. The zero-order chi connectivity index (χ0) is 36.0. The van der Waals surface area contributed by atoms with Gasteiger partial charge in [-0.3, -0.25) is 4.57 Å². The summed E-state index contributed by atoms with van der Waals surface area (Å²) in [6.45, 7) is 20.1. The SMILES string of the molecule is CCc1c(-c2ccccc2)c(C)nn1-c1cc(Oc2ccc3c4cc(CC(C)C)ccc4n(-c4cc(C(C)(C)C)ccn4)c3c2)cc(C(C)C)c1. The summed E-state index contributed by atoms with van der Waals surface area (Å²) in [5.74, 6) is 3.38. The number of ether oxygens (including phenoxy) is 1. The fraction of sp³-hybridized carbons (Fsp3) is 0.304. The molecule has 0 fully saturated rings. The zero-order valence-electron chi connectivity index (χ0n) is 31.6. The molecule has 7 aromatic rings. The van der Waals surface area contributed by atoms with Gasteiger partial charge in [-0.2, -0.15) is 5.10 Å². The zero-order valence-corrected chi connectivity index (χ0v) is 31.6. The van der Waals surface area contributed by atoms with E-state index in [0.717, 1.165) is 52.6 Å². The molecule has 0 aliphatic carbocycles. The molecule has 0 aliphatic rings. The molecule has 0 bridgehead atoms. The number of hydrogen-bond donors (Lipinski definition) is 0. The summed E-state index contributed by atoms with van der Waals surface area (Å²) >= 11 is 0. The predicted octanol–water partition coefficient (Wildman–Crippen LogP) is 12.3. The molecule has 0 saturated carbocycles. The van der Waals surface area contributed by atoms with E-state index in [1.54, 1.807) is 0 Å². The van der Waals surface area contributed by atoms with Gasteiger partial charge in [0.15, 0.2) is 0 Å². The van der Waals surface area contributed by atoms with Crippen LogP contribution in [0.2, 0.25) is 0 Å². The van der Waals surface area contributed by atoms with Gasteiger partial charge in [0.25, 0.3) is 0 Å². The fourth-order valence-electron chi connectivity index (χ4n) is 7.32. The number of aromatic nitrogens is 4. The summed E-state index contributed by atoms with van der Waals surface area (Å²) < 4.78 is 11.2. The highest BCUT2D eigenvalue weighted by atomic mass is 16.5. The van der Waals surface area contributed by atoms with E-state index in [2.05, 4.69) is 169 Å². The van der Waals surface area contributed by atoms with Crippen LogP contribution in [0.5, 0.6) is 11.5 Å². The molecule has 0 N–H and O–H groups in total. The van der Waals surface area contributed by atoms with Crippen molar-refractivity contribution in [2.24, 2.45) is 5.92 Å². The van der Waals surface area contributed by atoms with E-state index in [-0.39, 0.29) is 5.41 Å². The first-order chi connectivity index (χ1) is 24.4. The lowest BCUT2D eigenvalue weighted by Gasteiger charge is -2.20. The van der Waals surface area contributed by atoms with Crippen LogP contribution in [0.4, 0.5) is 0 Å². The molecule has 0 spiro atoms. The topological polar surface area (TPSA) is 44.9 Å². The number of benzene rings is 4. The molecule has 7 rings (SSSR count). The maximum absolute atomic E-state index is 6.80. The molecule has 260 valence electrons. The molecule has 3 aromatic heterocycles. The number of hydrogen-bond acceptors (Lipinski definition) is 3. The largest absolute Gasteiger partial charge is 0.457 e. The van der Waals surface area contributed by atoms with Crippen molar-refractivity contribution in [1.29, 1.82) is 0 Å². The average molecular weight is 675 g/mol. The van der Waals surface area contributed by atoms with Gasteiger partial charge in [0.1, 0.15) is 17.3 Å². The Morgan fingerprint density at radius 3 is 2.25 bits per heavy atom. The Balaban J connectivity index is 1.36. The second-order valence-corrected chi connectivity index (χ2v) is 15.7. The minimum atomic E-state index is 0.000904. The van der Waals surface area contributed by atoms with Crippen LogP contribution in [-0.4, -0.2) is 19.3 Å². The lowest BCUT2D eigenvalue weighted by molar-refractivity contribution is 0.481. The molecule has 0 saturated heterocycles. The van der Waals surface area contributed by atoms with Crippen LogP contribution in [0.15, 0.2) is 103 Å². The van der Waals surface area contributed by atoms with Gasteiger partial charge in [0, 0.05) is 34.7 Å². The first-order valence-corrected chi connectivity index (χ1v) is 18.4. The molecule has 0 atom stereocenters. The third-order valence-corrected chi connectivity index (χ3v) is 9.90. The van der Waals surface area contributed by atoms with E-state index in [4.69, 9.17) is 14.8 Å². The lowest BCUT2D eigenvalue weighted by atomic mass is 9.88. The molecule has 51 heavy (non-hydrogen) atoms. The van der Waals surface area contributed by atoms with Crippen molar-refractivity contribution in [2.75, 3.05) is 0 Å². The van der Waals surface area contributed by atoms with Crippen LogP contribution in [0.25, 0.3) is 44.4 Å². The molecule has 0 amide bonds. The molecule has 5 nitrogen and oxygen atoms in total. The van der Waals surface area contributed by atoms with Crippen molar-refractivity contribution in [2.45, 2.75) is 86.5 Å². The first kappa shape index (κ1) is 34.3. The van der Waals surface area contributed by atoms with Gasteiger partial charge in [0.2, 0.25) is 0 Å². The molecule has 3 heterocycles. The van der Waals surface area contributed by atoms with E-state index in [9.17, 15) is 0 Å². The predicted molar refractivity (Wildman–Crippen MR) is 213 cm³/mol. The van der Waals surface area contributed by atoms with E-state index in [1.807, 2.05) is 6.20 Å². The van der Waals surface area contributed by atoms with Crippen LogP contribution in [-0.2, 0) is 18.3 Å². The molecule has 5 heteroatoms. The number of fused-ring (bicyclic) bond motifs is 3.